The second-order valence-electron chi connectivity index (χ2n) is 4.23. The molecular formula is C12H19N3O. The van der Waals surface area contributed by atoms with Crippen LogP contribution in [-0.2, 0) is 4.79 Å². The summed E-state index contributed by atoms with van der Waals surface area (Å²) in [6, 6.07) is -0.205. The Bertz CT molecular complexity index is 293. The second kappa shape index (κ2) is 5.70. The molecule has 0 aromatic carbocycles. The number of hydrogen-bond donors (Lipinski definition) is 2. The van der Waals surface area contributed by atoms with Gasteiger partial charge in [0, 0.05) is 13.1 Å². The molecule has 0 radical (unpaired) electrons. The summed E-state index contributed by atoms with van der Waals surface area (Å²) in [6.07, 6.45) is 10.0. The van der Waals surface area contributed by atoms with Crippen molar-refractivity contribution < 1.29 is 4.79 Å². The highest BCUT2D eigenvalue weighted by Gasteiger charge is 2.15. The van der Waals surface area contributed by atoms with Gasteiger partial charge in [0.2, 0.25) is 5.91 Å². The number of dihydropyridines is 1. The van der Waals surface area contributed by atoms with Crippen molar-refractivity contribution in [2.75, 3.05) is 26.2 Å². The lowest BCUT2D eigenvalue weighted by atomic mass is 10.2. The fourth-order valence-corrected chi connectivity index (χ4v) is 2.06. The van der Waals surface area contributed by atoms with E-state index in [9.17, 15) is 4.79 Å². The lowest BCUT2D eigenvalue weighted by Crippen LogP contribution is -2.43. The Morgan fingerprint density at radius 1 is 1.38 bits per heavy atom. The van der Waals surface area contributed by atoms with E-state index in [1.54, 1.807) is 6.20 Å². The van der Waals surface area contributed by atoms with Crippen LogP contribution in [-0.4, -0.2) is 43.0 Å². The molecule has 0 aromatic rings. The second-order valence-corrected chi connectivity index (χ2v) is 4.23. The monoisotopic (exact) mass is 221 g/mol. The lowest BCUT2D eigenvalue weighted by molar-refractivity contribution is -0.121. The van der Waals surface area contributed by atoms with E-state index < -0.39 is 0 Å². The van der Waals surface area contributed by atoms with Gasteiger partial charge < -0.3 is 15.5 Å². The van der Waals surface area contributed by atoms with Crippen molar-refractivity contribution in [1.82, 2.24) is 15.5 Å². The van der Waals surface area contributed by atoms with Crippen molar-refractivity contribution in [2.24, 2.45) is 0 Å². The van der Waals surface area contributed by atoms with Crippen LogP contribution in [0, 0.1) is 0 Å². The Balaban J connectivity index is 1.63. The van der Waals surface area contributed by atoms with Gasteiger partial charge in [-0.15, -0.1) is 0 Å². The normalized spacial score (nSPS) is 24.4. The van der Waals surface area contributed by atoms with Crippen LogP contribution in [0.25, 0.3) is 0 Å². The standard InChI is InChI=1S/C12H19N3O/c16-12(11-5-1-2-6-13-11)14-7-10-15-8-3-4-9-15/h1-2,5-6,11,13H,3-4,7-10H2,(H,14,16). The van der Waals surface area contributed by atoms with E-state index in [2.05, 4.69) is 15.5 Å². The first-order valence-electron chi connectivity index (χ1n) is 5.96. The summed E-state index contributed by atoms with van der Waals surface area (Å²) in [7, 11) is 0. The molecule has 4 heteroatoms. The topological polar surface area (TPSA) is 44.4 Å². The zero-order valence-electron chi connectivity index (χ0n) is 9.48. The molecule has 88 valence electrons. The highest BCUT2D eigenvalue weighted by molar-refractivity contribution is 5.84. The van der Waals surface area contributed by atoms with Crippen LogP contribution in [0.5, 0.6) is 0 Å². The third-order valence-electron chi connectivity index (χ3n) is 3.00. The molecule has 4 nitrogen and oxygen atoms in total. The van der Waals surface area contributed by atoms with E-state index in [-0.39, 0.29) is 11.9 Å². The fraction of sp³-hybridized carbons (Fsp3) is 0.583. The van der Waals surface area contributed by atoms with Crippen LogP contribution in [0.2, 0.25) is 0 Å². The average Bonchev–Trinajstić information content (AvgIpc) is 2.83. The van der Waals surface area contributed by atoms with Gasteiger partial charge >= 0.3 is 0 Å². The molecule has 0 aliphatic carbocycles. The molecule has 16 heavy (non-hydrogen) atoms. The number of allylic oxidation sites excluding steroid dienone is 2. The van der Waals surface area contributed by atoms with Gasteiger partial charge in [0.05, 0.1) is 0 Å². The van der Waals surface area contributed by atoms with Crippen LogP contribution in [0.3, 0.4) is 0 Å². The molecule has 1 amide bonds. The van der Waals surface area contributed by atoms with Crippen molar-refractivity contribution in [3.63, 3.8) is 0 Å². The first-order valence-corrected chi connectivity index (χ1v) is 5.96. The molecule has 2 N–H and O–H groups in total. The van der Waals surface area contributed by atoms with Crippen LogP contribution in [0.1, 0.15) is 12.8 Å². The van der Waals surface area contributed by atoms with Gasteiger partial charge in [-0.1, -0.05) is 12.2 Å². The first-order chi connectivity index (χ1) is 7.86. The van der Waals surface area contributed by atoms with Crippen molar-refractivity contribution >= 4 is 5.91 Å². The molecule has 1 atom stereocenters. The summed E-state index contributed by atoms with van der Waals surface area (Å²) in [5.74, 6) is 0.0554. The van der Waals surface area contributed by atoms with Gasteiger partial charge in [0.25, 0.3) is 0 Å². The first kappa shape index (κ1) is 11.2. The Morgan fingerprint density at radius 2 is 2.19 bits per heavy atom. The SMILES string of the molecule is O=C(NCCN1CCCC1)C1C=CC=CN1. The van der Waals surface area contributed by atoms with Gasteiger partial charge in [0.1, 0.15) is 6.04 Å². The van der Waals surface area contributed by atoms with E-state index in [0.29, 0.717) is 0 Å². The fourth-order valence-electron chi connectivity index (χ4n) is 2.06. The largest absolute Gasteiger partial charge is 0.377 e. The minimum Gasteiger partial charge on any atom is -0.377 e. The molecule has 0 aromatic heterocycles. The number of nitrogens with one attached hydrogen (secondary N) is 2. The molecule has 2 rings (SSSR count). The molecule has 0 spiro atoms. The maximum absolute atomic E-state index is 11.7. The van der Waals surface area contributed by atoms with Gasteiger partial charge in [-0.3, -0.25) is 4.79 Å². The molecule has 1 saturated heterocycles. The van der Waals surface area contributed by atoms with Gasteiger partial charge in [-0.05, 0) is 38.2 Å². The number of carbonyl (C=O) groups excluding carboxylic acids is 1. The van der Waals surface area contributed by atoms with Crippen molar-refractivity contribution in [2.45, 2.75) is 18.9 Å². The van der Waals surface area contributed by atoms with E-state index in [1.165, 1.54) is 25.9 Å². The minimum atomic E-state index is -0.205. The maximum atomic E-state index is 11.7. The Kier molecular flexibility index (Phi) is 3.99. The van der Waals surface area contributed by atoms with Gasteiger partial charge in [0.15, 0.2) is 0 Å². The summed E-state index contributed by atoms with van der Waals surface area (Å²) in [5.41, 5.74) is 0. The van der Waals surface area contributed by atoms with E-state index in [0.717, 1.165) is 13.1 Å². The van der Waals surface area contributed by atoms with Crippen LogP contribution < -0.4 is 10.6 Å². The molecule has 2 aliphatic heterocycles. The highest BCUT2D eigenvalue weighted by atomic mass is 16.2. The third kappa shape index (κ3) is 3.10. The number of nitrogens with zero attached hydrogens (tertiary/aromatic N) is 1. The summed E-state index contributed by atoms with van der Waals surface area (Å²) in [5, 5.41) is 5.96. The number of amides is 1. The molecule has 0 saturated carbocycles. The Labute approximate surface area is 96.4 Å². The van der Waals surface area contributed by atoms with Crippen LogP contribution in [0.4, 0.5) is 0 Å². The van der Waals surface area contributed by atoms with E-state index >= 15 is 0 Å². The predicted octanol–water partition coefficient (Wildman–Crippen LogP) is 0.240. The van der Waals surface area contributed by atoms with E-state index in [4.69, 9.17) is 0 Å². The van der Waals surface area contributed by atoms with Gasteiger partial charge in [-0.25, -0.2) is 0 Å². The van der Waals surface area contributed by atoms with E-state index in [1.807, 2.05) is 18.2 Å². The Hall–Kier alpha value is -1.29. The molecule has 2 aliphatic rings. The molecule has 1 unspecified atom stereocenters. The zero-order valence-corrected chi connectivity index (χ0v) is 9.48. The molecule has 0 bridgehead atoms. The number of likely N-dealkylation sites (tertiary alicyclic amines) is 1. The number of hydrogen-bond acceptors (Lipinski definition) is 3. The van der Waals surface area contributed by atoms with Crippen molar-refractivity contribution in [1.29, 1.82) is 0 Å². The number of rotatable bonds is 4. The molecular weight excluding hydrogens is 202 g/mol. The quantitative estimate of drug-likeness (QED) is 0.715. The average molecular weight is 221 g/mol. The number of carbonyl (C=O) groups is 1. The summed E-state index contributed by atoms with van der Waals surface area (Å²) < 4.78 is 0. The smallest absolute Gasteiger partial charge is 0.246 e. The molecule has 2 heterocycles. The van der Waals surface area contributed by atoms with Crippen molar-refractivity contribution in [3.05, 3.63) is 24.4 Å². The third-order valence-corrected chi connectivity index (χ3v) is 3.00. The highest BCUT2D eigenvalue weighted by Crippen LogP contribution is 2.05. The van der Waals surface area contributed by atoms with Crippen LogP contribution >= 0.6 is 0 Å². The predicted molar refractivity (Wildman–Crippen MR) is 63.9 cm³/mol. The van der Waals surface area contributed by atoms with Crippen LogP contribution in [0.15, 0.2) is 24.4 Å². The van der Waals surface area contributed by atoms with Gasteiger partial charge in [-0.2, -0.15) is 0 Å². The lowest BCUT2D eigenvalue weighted by Gasteiger charge is -2.18. The minimum absolute atomic E-state index is 0.0554. The summed E-state index contributed by atoms with van der Waals surface area (Å²) in [4.78, 5) is 14.1. The summed E-state index contributed by atoms with van der Waals surface area (Å²) >= 11 is 0. The molecule has 1 fully saturated rings. The van der Waals surface area contributed by atoms with Crippen molar-refractivity contribution in [3.8, 4) is 0 Å². The summed E-state index contributed by atoms with van der Waals surface area (Å²) in [6.45, 7) is 4.08. The Morgan fingerprint density at radius 3 is 2.88 bits per heavy atom. The zero-order chi connectivity index (χ0) is 11.2. The maximum Gasteiger partial charge on any atom is 0.246 e.